The third-order valence-corrected chi connectivity index (χ3v) is 5.22. The number of hydrogen-bond donors (Lipinski definition) is 2. The Bertz CT molecular complexity index is 355. The van der Waals surface area contributed by atoms with Crippen LogP contribution in [0, 0.1) is 5.41 Å². The number of thiophene rings is 1. The maximum Gasteiger partial charge on any atom is 0.0701 e. The molecule has 0 bridgehead atoms. The molecular weight excluding hydrogens is 286 g/mol. The van der Waals surface area contributed by atoms with Crippen molar-refractivity contribution in [3.63, 3.8) is 0 Å². The van der Waals surface area contributed by atoms with Gasteiger partial charge in [-0.2, -0.15) is 0 Å². The van der Waals surface area contributed by atoms with E-state index in [0.717, 1.165) is 13.0 Å². The number of aliphatic hydroxyl groups excluding tert-OH is 1. The first-order valence-corrected chi connectivity index (χ1v) is 7.33. The molecule has 2 atom stereocenters. The summed E-state index contributed by atoms with van der Waals surface area (Å²) in [7, 11) is 0. The third kappa shape index (κ3) is 2.67. The molecule has 2 N–H and O–H groups in total. The van der Waals surface area contributed by atoms with Crippen molar-refractivity contribution in [2.24, 2.45) is 5.41 Å². The predicted molar refractivity (Wildman–Crippen MR) is 71.7 cm³/mol. The Morgan fingerprint density at radius 2 is 2.44 bits per heavy atom. The van der Waals surface area contributed by atoms with E-state index in [-0.39, 0.29) is 5.41 Å². The minimum Gasteiger partial charge on any atom is -0.396 e. The summed E-state index contributed by atoms with van der Waals surface area (Å²) in [6.07, 6.45) is 3.54. The van der Waals surface area contributed by atoms with Crippen LogP contribution in [-0.2, 0) is 6.54 Å². The van der Waals surface area contributed by atoms with E-state index in [4.69, 9.17) is 0 Å². The van der Waals surface area contributed by atoms with Gasteiger partial charge in [0.1, 0.15) is 0 Å². The van der Waals surface area contributed by atoms with Crippen molar-refractivity contribution in [3.05, 3.63) is 20.8 Å². The van der Waals surface area contributed by atoms with Gasteiger partial charge >= 0.3 is 0 Å². The van der Waals surface area contributed by atoms with Gasteiger partial charge in [-0.05, 0) is 40.9 Å². The van der Waals surface area contributed by atoms with E-state index in [1.54, 1.807) is 11.3 Å². The molecule has 1 aliphatic carbocycles. The zero-order valence-corrected chi connectivity index (χ0v) is 11.9. The van der Waals surface area contributed by atoms with Gasteiger partial charge in [0.15, 0.2) is 0 Å². The van der Waals surface area contributed by atoms with E-state index in [2.05, 4.69) is 40.3 Å². The first-order chi connectivity index (χ1) is 7.64. The van der Waals surface area contributed by atoms with Gasteiger partial charge in [0.05, 0.1) is 3.79 Å². The average Bonchev–Trinajstić information content (AvgIpc) is 2.83. The van der Waals surface area contributed by atoms with Gasteiger partial charge in [0, 0.05) is 29.5 Å². The summed E-state index contributed by atoms with van der Waals surface area (Å²) in [5, 5.41) is 13.0. The third-order valence-electron chi connectivity index (χ3n) is 3.59. The molecule has 16 heavy (non-hydrogen) atoms. The van der Waals surface area contributed by atoms with Crippen LogP contribution >= 0.6 is 27.3 Å². The molecule has 1 aromatic rings. The highest BCUT2D eigenvalue weighted by Gasteiger charge is 2.37. The molecule has 1 saturated carbocycles. The van der Waals surface area contributed by atoms with Crippen LogP contribution in [0.4, 0.5) is 0 Å². The van der Waals surface area contributed by atoms with Crippen molar-refractivity contribution in [3.8, 4) is 0 Å². The number of rotatable bonds is 4. The van der Waals surface area contributed by atoms with Crippen LogP contribution in [0.5, 0.6) is 0 Å². The summed E-state index contributed by atoms with van der Waals surface area (Å²) >= 11 is 5.24. The fraction of sp³-hybridized carbons (Fsp3) is 0.667. The topological polar surface area (TPSA) is 32.3 Å². The smallest absolute Gasteiger partial charge is 0.0701 e. The fourth-order valence-corrected chi connectivity index (χ4v) is 3.88. The Balaban J connectivity index is 1.90. The Kier molecular flexibility index (Phi) is 4.06. The fourth-order valence-electron chi connectivity index (χ4n) is 2.44. The lowest BCUT2D eigenvalue weighted by atomic mass is 9.86. The normalized spacial score (nSPS) is 29.8. The van der Waals surface area contributed by atoms with Gasteiger partial charge < -0.3 is 10.4 Å². The summed E-state index contributed by atoms with van der Waals surface area (Å²) < 4.78 is 1.18. The quantitative estimate of drug-likeness (QED) is 0.895. The van der Waals surface area contributed by atoms with Gasteiger partial charge in [0.2, 0.25) is 0 Å². The zero-order chi connectivity index (χ0) is 11.6. The van der Waals surface area contributed by atoms with E-state index >= 15 is 0 Å². The van der Waals surface area contributed by atoms with Crippen LogP contribution in [0.1, 0.15) is 31.1 Å². The molecule has 0 aliphatic heterocycles. The van der Waals surface area contributed by atoms with E-state index < -0.39 is 0 Å². The molecule has 4 heteroatoms. The molecule has 0 saturated heterocycles. The molecule has 90 valence electrons. The van der Waals surface area contributed by atoms with Crippen LogP contribution in [0.3, 0.4) is 0 Å². The lowest BCUT2D eigenvalue weighted by Crippen LogP contribution is -2.41. The highest BCUT2D eigenvalue weighted by molar-refractivity contribution is 9.11. The number of halogens is 1. The van der Waals surface area contributed by atoms with Gasteiger partial charge in [-0.1, -0.05) is 13.3 Å². The van der Waals surface area contributed by atoms with Gasteiger partial charge in [0.25, 0.3) is 0 Å². The maximum atomic E-state index is 9.45. The van der Waals surface area contributed by atoms with Crippen molar-refractivity contribution in [1.29, 1.82) is 0 Å². The van der Waals surface area contributed by atoms with E-state index in [9.17, 15) is 5.11 Å². The first kappa shape index (κ1) is 12.6. The molecule has 1 aromatic heterocycles. The molecular formula is C12H18BrNOS. The van der Waals surface area contributed by atoms with Crippen LogP contribution in [0.2, 0.25) is 0 Å². The Morgan fingerprint density at radius 3 is 3.06 bits per heavy atom. The van der Waals surface area contributed by atoms with Crippen LogP contribution < -0.4 is 5.32 Å². The zero-order valence-electron chi connectivity index (χ0n) is 9.50. The van der Waals surface area contributed by atoms with E-state index in [1.807, 2.05) is 0 Å². The van der Waals surface area contributed by atoms with Crippen molar-refractivity contribution < 1.29 is 5.11 Å². The summed E-state index contributed by atoms with van der Waals surface area (Å²) in [4.78, 5) is 1.35. The van der Waals surface area contributed by atoms with Gasteiger partial charge in [-0.15, -0.1) is 11.3 Å². The largest absolute Gasteiger partial charge is 0.396 e. The van der Waals surface area contributed by atoms with Crippen molar-refractivity contribution >= 4 is 27.3 Å². The molecule has 1 aliphatic rings. The molecule has 2 nitrogen and oxygen atoms in total. The molecule has 2 rings (SSSR count). The average molecular weight is 304 g/mol. The number of hydrogen-bond acceptors (Lipinski definition) is 3. The van der Waals surface area contributed by atoms with Crippen LogP contribution in [0.25, 0.3) is 0 Å². The van der Waals surface area contributed by atoms with Gasteiger partial charge in [-0.25, -0.2) is 0 Å². The summed E-state index contributed by atoms with van der Waals surface area (Å²) in [5.41, 5.74) is 0.0779. The minimum atomic E-state index is 0.0779. The van der Waals surface area contributed by atoms with Crippen molar-refractivity contribution in [2.45, 2.75) is 38.8 Å². The van der Waals surface area contributed by atoms with Gasteiger partial charge in [-0.3, -0.25) is 0 Å². The highest BCUT2D eigenvalue weighted by Crippen LogP contribution is 2.37. The Morgan fingerprint density at radius 1 is 1.62 bits per heavy atom. The first-order valence-electron chi connectivity index (χ1n) is 5.72. The van der Waals surface area contributed by atoms with E-state index in [0.29, 0.717) is 12.6 Å². The lowest BCUT2D eigenvalue weighted by molar-refractivity contribution is 0.118. The van der Waals surface area contributed by atoms with E-state index in [1.165, 1.54) is 21.5 Å². The molecule has 0 amide bonds. The second-order valence-electron chi connectivity index (χ2n) is 4.84. The second-order valence-corrected chi connectivity index (χ2v) is 7.39. The molecule has 0 spiro atoms. The van der Waals surface area contributed by atoms with Crippen LogP contribution in [0.15, 0.2) is 15.9 Å². The maximum absolute atomic E-state index is 9.45. The second kappa shape index (κ2) is 5.17. The summed E-state index contributed by atoms with van der Waals surface area (Å²) in [5.74, 6) is 0. The lowest BCUT2D eigenvalue weighted by Gasteiger charge is -2.30. The standard InChI is InChI=1S/C12H18BrNOS/c1-12(8-15)6-2-3-10(12)14-7-9-4-5-11(13)16-9/h4-5,10,14-15H,2-3,6-8H2,1H3. The monoisotopic (exact) mass is 303 g/mol. The predicted octanol–water partition coefficient (Wildman–Crippen LogP) is 3.15. The molecule has 1 fully saturated rings. The van der Waals surface area contributed by atoms with Crippen LogP contribution in [-0.4, -0.2) is 17.8 Å². The molecule has 0 aromatic carbocycles. The highest BCUT2D eigenvalue weighted by atomic mass is 79.9. The summed E-state index contributed by atoms with van der Waals surface area (Å²) in [6.45, 7) is 3.39. The molecule has 1 heterocycles. The Labute approximate surface area is 109 Å². The van der Waals surface area contributed by atoms with Crippen molar-refractivity contribution in [2.75, 3.05) is 6.61 Å². The molecule has 2 unspecified atom stereocenters. The SMILES string of the molecule is CC1(CO)CCCC1NCc1ccc(Br)s1. The number of nitrogens with one attached hydrogen (secondary N) is 1. The summed E-state index contributed by atoms with van der Waals surface area (Å²) in [6, 6.07) is 4.69. The Hall–Kier alpha value is 0.1000. The minimum absolute atomic E-state index is 0.0779. The van der Waals surface area contributed by atoms with Crippen molar-refractivity contribution in [1.82, 2.24) is 5.32 Å². The molecule has 0 radical (unpaired) electrons. The number of aliphatic hydroxyl groups is 1.